The summed E-state index contributed by atoms with van der Waals surface area (Å²) in [5.41, 5.74) is 0.295. The van der Waals surface area contributed by atoms with Crippen molar-refractivity contribution in [3.8, 4) is 0 Å². The number of carbonyl (C=O) groups is 2. The summed E-state index contributed by atoms with van der Waals surface area (Å²) < 4.78 is 42.5. The Morgan fingerprint density at radius 1 is 1.08 bits per heavy atom. The van der Waals surface area contributed by atoms with E-state index in [1.54, 1.807) is 0 Å². The number of esters is 1. The molecule has 2 rings (SSSR count). The molecule has 0 aliphatic rings. The third-order valence-electron chi connectivity index (χ3n) is 2.79. The van der Waals surface area contributed by atoms with E-state index in [-0.39, 0.29) is 22.2 Å². The van der Waals surface area contributed by atoms with Crippen molar-refractivity contribution in [1.82, 2.24) is 0 Å². The fourth-order valence-corrected chi connectivity index (χ4v) is 2.40. The monoisotopic (exact) mass is 355 g/mol. The number of alkyl halides is 2. The number of thioether (sulfide) groups is 1. The van der Waals surface area contributed by atoms with Crippen LogP contribution in [0.5, 0.6) is 0 Å². The van der Waals surface area contributed by atoms with Gasteiger partial charge in [-0.05, 0) is 36.4 Å². The van der Waals surface area contributed by atoms with Gasteiger partial charge >= 0.3 is 5.97 Å². The molecule has 0 bridgehead atoms. The Bertz CT molecular complexity index is 723. The number of amides is 1. The molecule has 0 heterocycles. The lowest BCUT2D eigenvalue weighted by atomic mass is 10.2. The van der Waals surface area contributed by atoms with Crippen LogP contribution in [0, 0.1) is 5.82 Å². The normalized spacial score (nSPS) is 10.5. The Kier molecular flexibility index (Phi) is 6.25. The van der Waals surface area contributed by atoms with Crippen LogP contribution in [-0.4, -0.2) is 24.2 Å². The minimum atomic E-state index is -2.68. The maximum Gasteiger partial charge on any atom is 0.339 e. The number of carbonyl (C=O) groups excluding carboxylic acids is 2. The van der Waals surface area contributed by atoms with Gasteiger partial charge in [0.1, 0.15) is 5.82 Å². The molecule has 2 aromatic rings. The van der Waals surface area contributed by atoms with Crippen LogP contribution in [0.1, 0.15) is 10.4 Å². The van der Waals surface area contributed by atoms with Crippen molar-refractivity contribution in [3.63, 3.8) is 0 Å². The van der Waals surface area contributed by atoms with E-state index in [9.17, 15) is 22.8 Å². The number of rotatable bonds is 6. The van der Waals surface area contributed by atoms with Crippen molar-refractivity contribution in [2.45, 2.75) is 10.7 Å². The molecule has 24 heavy (non-hydrogen) atoms. The van der Waals surface area contributed by atoms with E-state index in [2.05, 4.69) is 5.32 Å². The van der Waals surface area contributed by atoms with Crippen molar-refractivity contribution in [2.75, 3.05) is 11.9 Å². The Morgan fingerprint density at radius 3 is 2.42 bits per heavy atom. The molecule has 0 aliphatic heterocycles. The van der Waals surface area contributed by atoms with Gasteiger partial charge in [0.15, 0.2) is 6.61 Å². The van der Waals surface area contributed by atoms with E-state index in [1.165, 1.54) is 48.5 Å². The first-order valence-corrected chi connectivity index (χ1v) is 7.60. The zero-order chi connectivity index (χ0) is 17.5. The number of hydrogen-bond donors (Lipinski definition) is 1. The minimum absolute atomic E-state index is 0.0441. The molecule has 2 aromatic carbocycles. The Balaban J connectivity index is 1.93. The van der Waals surface area contributed by atoms with Crippen LogP contribution in [0.3, 0.4) is 0 Å². The first-order chi connectivity index (χ1) is 11.5. The number of anilines is 1. The Morgan fingerprint density at radius 2 is 1.75 bits per heavy atom. The van der Waals surface area contributed by atoms with Gasteiger partial charge < -0.3 is 10.1 Å². The van der Waals surface area contributed by atoms with E-state index >= 15 is 0 Å². The van der Waals surface area contributed by atoms with Crippen LogP contribution in [0.2, 0.25) is 0 Å². The first kappa shape index (κ1) is 17.9. The van der Waals surface area contributed by atoms with Crippen LogP contribution in [0.25, 0.3) is 0 Å². The van der Waals surface area contributed by atoms with Gasteiger partial charge in [0.05, 0.1) is 5.56 Å². The number of hydrogen-bond acceptors (Lipinski definition) is 4. The largest absolute Gasteiger partial charge is 0.452 e. The van der Waals surface area contributed by atoms with E-state index < -0.39 is 30.1 Å². The number of nitrogens with one attached hydrogen (secondary N) is 1. The summed E-state index contributed by atoms with van der Waals surface area (Å²) in [5, 5.41) is 2.41. The highest BCUT2D eigenvalue weighted by molar-refractivity contribution is 7.99. The highest BCUT2D eigenvalue weighted by Crippen LogP contribution is 2.28. The van der Waals surface area contributed by atoms with E-state index in [4.69, 9.17) is 4.74 Å². The van der Waals surface area contributed by atoms with Gasteiger partial charge in [-0.1, -0.05) is 23.9 Å². The summed E-state index contributed by atoms with van der Waals surface area (Å²) in [6.45, 7) is -0.593. The summed E-state index contributed by atoms with van der Waals surface area (Å²) in [7, 11) is 0. The molecule has 0 radical (unpaired) electrons. The van der Waals surface area contributed by atoms with E-state index in [0.29, 0.717) is 5.69 Å². The summed E-state index contributed by atoms with van der Waals surface area (Å²) in [4.78, 5) is 23.7. The molecule has 1 N–H and O–H groups in total. The summed E-state index contributed by atoms with van der Waals surface area (Å²) in [6, 6.07) is 10.8. The molecular weight excluding hydrogens is 343 g/mol. The molecular formula is C16H12F3NO3S. The molecule has 8 heteroatoms. The topological polar surface area (TPSA) is 55.4 Å². The zero-order valence-corrected chi connectivity index (χ0v) is 13.0. The lowest BCUT2D eigenvalue weighted by Gasteiger charge is -2.09. The minimum Gasteiger partial charge on any atom is -0.452 e. The molecule has 0 fully saturated rings. The van der Waals surface area contributed by atoms with Crippen molar-refractivity contribution in [1.29, 1.82) is 0 Å². The lowest BCUT2D eigenvalue weighted by Crippen LogP contribution is -2.21. The predicted octanol–water partition coefficient (Wildman–Crippen LogP) is 3.94. The highest BCUT2D eigenvalue weighted by atomic mass is 32.2. The van der Waals surface area contributed by atoms with E-state index in [1.807, 2.05) is 0 Å². The second-order valence-corrected chi connectivity index (χ2v) is 5.54. The highest BCUT2D eigenvalue weighted by Gasteiger charge is 2.17. The fourth-order valence-electron chi connectivity index (χ4n) is 1.77. The molecule has 0 spiro atoms. The number of benzene rings is 2. The number of halogens is 3. The molecule has 0 aliphatic carbocycles. The van der Waals surface area contributed by atoms with Crippen molar-refractivity contribution in [2.24, 2.45) is 0 Å². The van der Waals surface area contributed by atoms with Crippen LogP contribution >= 0.6 is 11.8 Å². The molecule has 0 unspecified atom stereocenters. The van der Waals surface area contributed by atoms with Gasteiger partial charge in [0.25, 0.3) is 11.7 Å². The second-order valence-electron chi connectivity index (χ2n) is 4.51. The SMILES string of the molecule is O=C(COC(=O)c1ccccc1SC(F)F)Nc1ccc(F)cc1. The molecule has 1 amide bonds. The second kappa shape index (κ2) is 8.39. The van der Waals surface area contributed by atoms with Gasteiger partial charge in [-0.2, -0.15) is 8.78 Å². The smallest absolute Gasteiger partial charge is 0.339 e. The van der Waals surface area contributed by atoms with Gasteiger partial charge in [-0.15, -0.1) is 0 Å². The first-order valence-electron chi connectivity index (χ1n) is 6.72. The van der Waals surface area contributed by atoms with Crippen molar-refractivity contribution in [3.05, 3.63) is 59.9 Å². The molecule has 4 nitrogen and oxygen atoms in total. The fraction of sp³-hybridized carbons (Fsp3) is 0.125. The maximum absolute atomic E-state index is 12.8. The van der Waals surface area contributed by atoms with Crippen LogP contribution in [0.15, 0.2) is 53.4 Å². The Hall–Kier alpha value is -2.48. The average Bonchev–Trinajstić information content (AvgIpc) is 2.55. The quantitative estimate of drug-likeness (QED) is 0.630. The third-order valence-corrected chi connectivity index (χ3v) is 3.57. The molecule has 0 saturated carbocycles. The molecule has 0 aromatic heterocycles. The van der Waals surface area contributed by atoms with Gasteiger partial charge in [0, 0.05) is 10.6 Å². The van der Waals surface area contributed by atoms with Gasteiger partial charge in [-0.3, -0.25) is 4.79 Å². The molecule has 0 saturated heterocycles. The average molecular weight is 355 g/mol. The third kappa shape index (κ3) is 5.31. The van der Waals surface area contributed by atoms with Crippen molar-refractivity contribution >= 4 is 29.3 Å². The lowest BCUT2D eigenvalue weighted by molar-refractivity contribution is -0.119. The standard InChI is InChI=1S/C16H12F3NO3S/c17-10-5-7-11(8-6-10)20-14(21)9-23-15(22)12-3-1-2-4-13(12)24-16(18)19/h1-8,16H,9H2,(H,20,21). The summed E-state index contributed by atoms with van der Waals surface area (Å²) in [6.07, 6.45) is 0. The summed E-state index contributed by atoms with van der Waals surface area (Å²) >= 11 is 0.221. The number of ether oxygens (including phenoxy) is 1. The van der Waals surface area contributed by atoms with Gasteiger partial charge in [0.2, 0.25) is 0 Å². The van der Waals surface area contributed by atoms with Crippen molar-refractivity contribution < 1.29 is 27.5 Å². The molecule has 126 valence electrons. The van der Waals surface area contributed by atoms with Gasteiger partial charge in [-0.25, -0.2) is 9.18 Å². The van der Waals surface area contributed by atoms with Crippen LogP contribution in [0.4, 0.5) is 18.9 Å². The molecule has 0 atom stereocenters. The van der Waals surface area contributed by atoms with Crippen LogP contribution < -0.4 is 5.32 Å². The Labute approximate surface area is 140 Å². The predicted molar refractivity (Wildman–Crippen MR) is 83.6 cm³/mol. The van der Waals surface area contributed by atoms with Crippen LogP contribution in [-0.2, 0) is 9.53 Å². The summed E-state index contributed by atoms with van der Waals surface area (Å²) in [5.74, 6) is -4.64. The maximum atomic E-state index is 12.8. The zero-order valence-electron chi connectivity index (χ0n) is 12.2. The van der Waals surface area contributed by atoms with E-state index in [0.717, 1.165) is 0 Å².